The summed E-state index contributed by atoms with van der Waals surface area (Å²) in [6.07, 6.45) is 0. The number of rotatable bonds is 4. The van der Waals surface area contributed by atoms with Crippen molar-refractivity contribution >= 4 is 11.9 Å². The Morgan fingerprint density at radius 3 is 2.00 bits per heavy atom. The maximum absolute atomic E-state index is 13.7. The molecule has 0 fully saturated rings. The maximum Gasteiger partial charge on any atom is 0.337 e. The molecule has 168 valence electrons. The van der Waals surface area contributed by atoms with Crippen molar-refractivity contribution in [3.63, 3.8) is 0 Å². The fourth-order valence-corrected chi connectivity index (χ4v) is 4.46. The van der Waals surface area contributed by atoms with Crippen molar-refractivity contribution < 1.29 is 28.6 Å². The van der Waals surface area contributed by atoms with E-state index < -0.39 is 52.3 Å². The second-order valence-corrected chi connectivity index (χ2v) is 7.76. The standard InChI is InChI=1S/C25H21FN2O5/c1-14-4-6-15(7-5-14)20-18(23(30)32-2)22(29)19(24(31)33-3)21(25(20,12-27)13-28)16-8-10-17(26)11-9-16/h4-11,18,20-21,29H,1-3H3/t18-,20-,21-/m1/s1. The molecule has 33 heavy (non-hydrogen) atoms. The highest BCUT2D eigenvalue weighted by Crippen LogP contribution is 2.58. The zero-order valence-corrected chi connectivity index (χ0v) is 18.2. The number of methoxy groups -OCH3 is 2. The first-order valence-corrected chi connectivity index (χ1v) is 9.99. The zero-order valence-electron chi connectivity index (χ0n) is 18.2. The number of hydrogen-bond acceptors (Lipinski definition) is 7. The van der Waals surface area contributed by atoms with E-state index in [1.165, 1.54) is 12.1 Å². The summed E-state index contributed by atoms with van der Waals surface area (Å²) in [6.45, 7) is 1.85. The Hall–Kier alpha value is -4.17. The van der Waals surface area contributed by atoms with E-state index in [1.807, 2.05) is 19.1 Å². The second-order valence-electron chi connectivity index (χ2n) is 7.76. The van der Waals surface area contributed by atoms with E-state index in [0.29, 0.717) is 5.56 Å². The van der Waals surface area contributed by atoms with E-state index in [4.69, 9.17) is 9.47 Å². The first-order valence-electron chi connectivity index (χ1n) is 9.99. The number of carbonyl (C=O) groups is 2. The van der Waals surface area contributed by atoms with Gasteiger partial charge in [0.2, 0.25) is 0 Å². The molecule has 3 atom stereocenters. The molecule has 3 rings (SSSR count). The average Bonchev–Trinajstić information content (AvgIpc) is 2.83. The van der Waals surface area contributed by atoms with Crippen molar-refractivity contribution in [3.8, 4) is 12.1 Å². The zero-order chi connectivity index (χ0) is 24.3. The van der Waals surface area contributed by atoms with Crippen LogP contribution in [0.3, 0.4) is 0 Å². The van der Waals surface area contributed by atoms with Gasteiger partial charge in [-0.25, -0.2) is 9.18 Å². The smallest absolute Gasteiger partial charge is 0.337 e. The molecule has 0 heterocycles. The van der Waals surface area contributed by atoms with E-state index in [-0.39, 0.29) is 5.56 Å². The summed E-state index contributed by atoms with van der Waals surface area (Å²) in [4.78, 5) is 25.7. The van der Waals surface area contributed by atoms with Crippen LogP contribution in [0, 0.1) is 46.7 Å². The molecule has 1 aliphatic carbocycles. The van der Waals surface area contributed by atoms with Gasteiger partial charge in [-0.2, -0.15) is 10.5 Å². The molecule has 0 saturated carbocycles. The summed E-state index contributed by atoms with van der Waals surface area (Å²) in [5.41, 5.74) is -0.935. The minimum absolute atomic E-state index is 0.229. The Kier molecular flexibility index (Phi) is 6.50. The van der Waals surface area contributed by atoms with E-state index in [1.54, 1.807) is 24.3 Å². The third-order valence-electron chi connectivity index (χ3n) is 6.01. The SMILES string of the molecule is COC(=O)C1=C(O)[C@H](C(=O)OC)[C@@H](c2ccc(C)cc2)C(C#N)(C#N)[C@@H]1c1ccc(F)cc1. The molecular weight excluding hydrogens is 427 g/mol. The quantitative estimate of drug-likeness (QED) is 0.706. The molecule has 2 aromatic rings. The topological polar surface area (TPSA) is 120 Å². The number of halogens is 1. The number of nitriles is 2. The first-order chi connectivity index (χ1) is 15.7. The van der Waals surface area contributed by atoms with Crippen LogP contribution >= 0.6 is 0 Å². The van der Waals surface area contributed by atoms with Crippen LogP contribution in [0.25, 0.3) is 0 Å². The van der Waals surface area contributed by atoms with Crippen molar-refractivity contribution in [1.29, 1.82) is 10.5 Å². The molecule has 0 bridgehead atoms. The Balaban J connectivity index is 2.47. The third kappa shape index (κ3) is 3.81. The largest absolute Gasteiger partial charge is 0.511 e. The number of esters is 2. The monoisotopic (exact) mass is 448 g/mol. The van der Waals surface area contributed by atoms with E-state index >= 15 is 0 Å². The fourth-order valence-electron chi connectivity index (χ4n) is 4.46. The lowest BCUT2D eigenvalue weighted by molar-refractivity contribution is -0.147. The molecule has 2 aromatic carbocycles. The van der Waals surface area contributed by atoms with Gasteiger partial charge in [-0.1, -0.05) is 42.0 Å². The van der Waals surface area contributed by atoms with Crippen molar-refractivity contribution in [1.82, 2.24) is 0 Å². The summed E-state index contributed by atoms with van der Waals surface area (Å²) in [5.74, 6) is -7.24. The third-order valence-corrected chi connectivity index (χ3v) is 6.01. The number of ether oxygens (including phenoxy) is 2. The molecule has 7 nitrogen and oxygen atoms in total. The number of nitrogens with zero attached hydrogens (tertiary/aromatic N) is 2. The highest BCUT2D eigenvalue weighted by Gasteiger charge is 2.61. The van der Waals surface area contributed by atoms with Crippen molar-refractivity contribution in [2.24, 2.45) is 11.3 Å². The first kappa shape index (κ1) is 23.5. The lowest BCUT2D eigenvalue weighted by Gasteiger charge is -2.44. The summed E-state index contributed by atoms with van der Waals surface area (Å²) < 4.78 is 23.4. The van der Waals surface area contributed by atoms with Crippen molar-refractivity contribution in [3.05, 3.63) is 82.4 Å². The van der Waals surface area contributed by atoms with Crippen LogP contribution in [-0.4, -0.2) is 31.3 Å². The van der Waals surface area contributed by atoms with Crippen LogP contribution in [0.5, 0.6) is 0 Å². The Morgan fingerprint density at radius 1 is 0.970 bits per heavy atom. The lowest BCUT2D eigenvalue weighted by Crippen LogP contribution is -2.47. The Bertz CT molecular complexity index is 1180. The molecular formula is C25H21FN2O5. The van der Waals surface area contributed by atoms with Gasteiger partial charge in [-0.3, -0.25) is 4.79 Å². The predicted molar refractivity (Wildman–Crippen MR) is 114 cm³/mol. The number of benzene rings is 2. The highest BCUT2D eigenvalue weighted by atomic mass is 19.1. The van der Waals surface area contributed by atoms with E-state index in [0.717, 1.165) is 31.9 Å². The van der Waals surface area contributed by atoms with Gasteiger partial charge in [0.05, 0.1) is 37.8 Å². The van der Waals surface area contributed by atoms with Gasteiger partial charge in [-0.05, 0) is 30.2 Å². The molecule has 1 N–H and O–H groups in total. The molecule has 0 aromatic heterocycles. The molecule has 0 unspecified atom stereocenters. The van der Waals surface area contributed by atoms with Gasteiger partial charge >= 0.3 is 11.9 Å². The average molecular weight is 448 g/mol. The molecule has 0 radical (unpaired) electrons. The van der Waals surface area contributed by atoms with E-state index in [2.05, 4.69) is 0 Å². The van der Waals surface area contributed by atoms with Crippen LogP contribution in [0.2, 0.25) is 0 Å². The number of aliphatic hydroxyl groups is 1. The summed E-state index contributed by atoms with van der Waals surface area (Å²) >= 11 is 0. The van der Waals surface area contributed by atoms with Gasteiger partial charge in [-0.15, -0.1) is 0 Å². The van der Waals surface area contributed by atoms with Gasteiger partial charge in [0.25, 0.3) is 0 Å². The number of aliphatic hydroxyl groups excluding tert-OH is 1. The van der Waals surface area contributed by atoms with Crippen LogP contribution in [0.4, 0.5) is 4.39 Å². The molecule has 1 aliphatic rings. The Labute approximate surface area is 190 Å². The summed E-state index contributed by atoms with van der Waals surface area (Å²) in [5, 5.41) is 32.0. The molecule has 0 saturated heterocycles. The second kappa shape index (κ2) is 9.13. The molecule has 0 amide bonds. The molecule has 0 spiro atoms. The van der Waals surface area contributed by atoms with Crippen molar-refractivity contribution in [2.75, 3.05) is 14.2 Å². The Morgan fingerprint density at radius 2 is 1.52 bits per heavy atom. The summed E-state index contributed by atoms with van der Waals surface area (Å²) in [7, 11) is 2.18. The van der Waals surface area contributed by atoms with Gasteiger partial charge < -0.3 is 14.6 Å². The van der Waals surface area contributed by atoms with Crippen molar-refractivity contribution in [2.45, 2.75) is 18.8 Å². The van der Waals surface area contributed by atoms with Crippen LogP contribution < -0.4 is 0 Å². The van der Waals surface area contributed by atoms with Gasteiger partial charge in [0.1, 0.15) is 17.5 Å². The van der Waals surface area contributed by atoms with Gasteiger partial charge in [0.15, 0.2) is 5.41 Å². The summed E-state index contributed by atoms with van der Waals surface area (Å²) in [6, 6.07) is 15.7. The number of hydrogen-bond donors (Lipinski definition) is 1. The minimum atomic E-state index is -2.05. The fraction of sp³-hybridized carbons (Fsp3) is 0.280. The molecule has 8 heteroatoms. The van der Waals surface area contributed by atoms with Crippen LogP contribution in [0.15, 0.2) is 59.9 Å². The maximum atomic E-state index is 13.7. The normalized spacial score (nSPS) is 21.5. The minimum Gasteiger partial charge on any atom is -0.511 e. The van der Waals surface area contributed by atoms with Crippen LogP contribution in [-0.2, 0) is 19.1 Å². The lowest BCUT2D eigenvalue weighted by atomic mass is 9.54. The molecule has 0 aliphatic heterocycles. The predicted octanol–water partition coefficient (Wildman–Crippen LogP) is 3.82. The number of carbonyl (C=O) groups excluding carboxylic acids is 2. The highest BCUT2D eigenvalue weighted by molar-refractivity contribution is 5.94. The number of aryl methyl sites for hydroxylation is 1. The van der Waals surface area contributed by atoms with Crippen LogP contribution in [0.1, 0.15) is 28.5 Å². The van der Waals surface area contributed by atoms with E-state index in [9.17, 15) is 29.6 Å². The van der Waals surface area contributed by atoms with Gasteiger partial charge in [0, 0.05) is 5.92 Å².